The second-order valence-electron chi connectivity index (χ2n) is 4.15. The van der Waals surface area contributed by atoms with Crippen molar-refractivity contribution in [3.05, 3.63) is 23.8 Å². The van der Waals surface area contributed by atoms with Gasteiger partial charge in [-0.3, -0.25) is 4.79 Å². The van der Waals surface area contributed by atoms with Crippen molar-refractivity contribution in [1.29, 1.82) is 0 Å². The first-order chi connectivity index (χ1) is 6.63. The molecule has 0 bridgehead atoms. The van der Waals surface area contributed by atoms with Crippen LogP contribution >= 0.6 is 0 Å². The van der Waals surface area contributed by atoms with Gasteiger partial charge in [-0.15, -0.1) is 0 Å². The highest BCUT2D eigenvalue weighted by molar-refractivity contribution is 5.72. The summed E-state index contributed by atoms with van der Waals surface area (Å²) in [4.78, 5) is 10.2. The van der Waals surface area contributed by atoms with Crippen LogP contribution in [-0.4, -0.2) is 13.0 Å². The molecule has 1 aromatic rings. The van der Waals surface area contributed by atoms with Gasteiger partial charge in [-0.1, -0.05) is 19.9 Å². The van der Waals surface area contributed by atoms with Gasteiger partial charge in [0.15, 0.2) is 0 Å². The van der Waals surface area contributed by atoms with Gasteiger partial charge in [-0.25, -0.2) is 0 Å². The number of benzene rings is 1. The van der Waals surface area contributed by atoms with Crippen LogP contribution < -0.4 is 10.1 Å². The lowest BCUT2D eigenvalue weighted by Crippen LogP contribution is -2.18. The molecule has 2 rings (SSSR count). The van der Waals surface area contributed by atoms with Crippen molar-refractivity contribution in [1.82, 2.24) is 0 Å². The van der Waals surface area contributed by atoms with Crippen LogP contribution in [0.3, 0.4) is 0 Å². The molecule has 0 radical (unpaired) electrons. The number of hydrogen-bond donors (Lipinski definition) is 1. The lowest BCUT2D eigenvalue weighted by Gasteiger charge is -2.14. The lowest BCUT2D eigenvalue weighted by molar-refractivity contribution is -0.105. The van der Waals surface area contributed by atoms with Crippen LogP contribution in [0, 0.1) is 0 Å². The average Bonchev–Trinajstić information content (AvgIpc) is 2.43. The van der Waals surface area contributed by atoms with Crippen molar-refractivity contribution < 1.29 is 9.53 Å². The number of ether oxygens (including phenoxy) is 1. The van der Waals surface area contributed by atoms with E-state index in [2.05, 4.69) is 19.2 Å². The molecule has 0 aromatic heterocycles. The van der Waals surface area contributed by atoms with Gasteiger partial charge in [0.25, 0.3) is 0 Å². The molecule has 74 valence electrons. The molecule has 0 spiro atoms. The predicted octanol–water partition coefficient (Wildman–Crippen LogP) is 1.92. The zero-order chi connectivity index (χ0) is 10.2. The fourth-order valence-corrected chi connectivity index (χ4v) is 1.69. The number of carbonyl (C=O) groups excluding carboxylic acids is 1. The smallest absolute Gasteiger partial charge is 0.211 e. The Hall–Kier alpha value is -1.51. The second kappa shape index (κ2) is 3.01. The maximum atomic E-state index is 10.2. The van der Waals surface area contributed by atoms with E-state index in [4.69, 9.17) is 4.74 Å². The van der Waals surface area contributed by atoms with E-state index in [0.29, 0.717) is 13.0 Å². The topological polar surface area (TPSA) is 38.3 Å². The van der Waals surface area contributed by atoms with Gasteiger partial charge in [0.2, 0.25) is 6.41 Å². The number of anilines is 1. The highest BCUT2D eigenvalue weighted by atomic mass is 16.5. The quantitative estimate of drug-likeness (QED) is 0.725. The number of fused-ring (bicyclic) bond motifs is 1. The van der Waals surface area contributed by atoms with E-state index in [1.54, 1.807) is 0 Å². The fourth-order valence-electron chi connectivity index (χ4n) is 1.69. The summed E-state index contributed by atoms with van der Waals surface area (Å²) in [5.74, 6) is 0.877. The molecule has 0 fully saturated rings. The normalized spacial score (nSPS) is 17.0. The van der Waals surface area contributed by atoms with Crippen LogP contribution in [0.15, 0.2) is 18.2 Å². The van der Waals surface area contributed by atoms with Gasteiger partial charge in [0.1, 0.15) is 5.75 Å². The third-order valence-corrected chi connectivity index (χ3v) is 2.52. The molecule has 3 heteroatoms. The summed E-state index contributed by atoms with van der Waals surface area (Å²) in [5.41, 5.74) is 2.06. The highest BCUT2D eigenvalue weighted by Crippen LogP contribution is 2.39. The molecular formula is C11H13NO2. The van der Waals surface area contributed by atoms with E-state index in [1.807, 2.05) is 18.2 Å². The largest absolute Gasteiger partial charge is 0.492 e. The molecule has 0 atom stereocenters. The van der Waals surface area contributed by atoms with E-state index in [9.17, 15) is 4.79 Å². The standard InChI is InChI=1S/C11H13NO2/c1-11(2)6-14-10-5-8(12-7-13)3-4-9(10)11/h3-5,7H,6H2,1-2H3,(H,12,13). The summed E-state index contributed by atoms with van der Waals surface area (Å²) in [6.07, 6.45) is 0.668. The minimum atomic E-state index is 0.0784. The number of amides is 1. The van der Waals surface area contributed by atoms with Crippen LogP contribution in [0.4, 0.5) is 5.69 Å². The zero-order valence-electron chi connectivity index (χ0n) is 8.33. The van der Waals surface area contributed by atoms with Crippen molar-refractivity contribution >= 4 is 12.1 Å². The molecule has 1 amide bonds. The molecule has 1 aliphatic rings. The van der Waals surface area contributed by atoms with E-state index in [1.165, 1.54) is 5.56 Å². The minimum absolute atomic E-state index is 0.0784. The molecular weight excluding hydrogens is 178 g/mol. The van der Waals surface area contributed by atoms with Crippen molar-refractivity contribution in [2.45, 2.75) is 19.3 Å². The van der Waals surface area contributed by atoms with Gasteiger partial charge in [-0.05, 0) is 6.07 Å². The Balaban J connectivity index is 2.39. The van der Waals surface area contributed by atoms with E-state index in [-0.39, 0.29) is 5.41 Å². The van der Waals surface area contributed by atoms with Crippen molar-refractivity contribution in [2.75, 3.05) is 11.9 Å². The Kier molecular flexibility index (Phi) is 1.95. The maximum absolute atomic E-state index is 10.2. The Labute approximate surface area is 83.1 Å². The third kappa shape index (κ3) is 1.35. The SMILES string of the molecule is CC1(C)COc2cc(NC=O)ccc21. The number of hydrogen-bond acceptors (Lipinski definition) is 2. The molecule has 0 unspecified atom stereocenters. The summed E-state index contributed by atoms with van der Waals surface area (Å²) in [6.45, 7) is 4.99. The molecule has 1 aliphatic heterocycles. The average molecular weight is 191 g/mol. The van der Waals surface area contributed by atoms with Crippen molar-refractivity contribution in [3.8, 4) is 5.75 Å². The number of nitrogens with one attached hydrogen (secondary N) is 1. The monoisotopic (exact) mass is 191 g/mol. The molecule has 1 heterocycles. The summed E-state index contributed by atoms with van der Waals surface area (Å²) in [6, 6.07) is 5.76. The Morgan fingerprint density at radius 3 is 3.00 bits per heavy atom. The molecule has 1 N–H and O–H groups in total. The van der Waals surface area contributed by atoms with Crippen LogP contribution in [0.1, 0.15) is 19.4 Å². The first kappa shape index (κ1) is 9.06. The Morgan fingerprint density at radius 1 is 1.50 bits per heavy atom. The Bertz CT molecular complexity index is 372. The predicted molar refractivity (Wildman–Crippen MR) is 54.6 cm³/mol. The van der Waals surface area contributed by atoms with Crippen LogP contribution in [0.2, 0.25) is 0 Å². The maximum Gasteiger partial charge on any atom is 0.211 e. The van der Waals surface area contributed by atoms with Crippen molar-refractivity contribution in [3.63, 3.8) is 0 Å². The van der Waals surface area contributed by atoms with Crippen LogP contribution in [0.5, 0.6) is 5.75 Å². The second-order valence-corrected chi connectivity index (χ2v) is 4.15. The van der Waals surface area contributed by atoms with Gasteiger partial charge in [-0.2, -0.15) is 0 Å². The van der Waals surface area contributed by atoms with Gasteiger partial charge < -0.3 is 10.1 Å². The molecule has 1 aromatic carbocycles. The highest BCUT2D eigenvalue weighted by Gasteiger charge is 2.31. The van der Waals surface area contributed by atoms with Crippen LogP contribution in [0.25, 0.3) is 0 Å². The fraction of sp³-hybridized carbons (Fsp3) is 0.364. The summed E-state index contributed by atoms with van der Waals surface area (Å²) in [5, 5.41) is 2.60. The molecule has 0 saturated heterocycles. The lowest BCUT2D eigenvalue weighted by atomic mass is 9.87. The summed E-state index contributed by atoms with van der Waals surface area (Å²) in [7, 11) is 0. The van der Waals surface area contributed by atoms with E-state index < -0.39 is 0 Å². The molecule has 14 heavy (non-hydrogen) atoms. The van der Waals surface area contributed by atoms with E-state index >= 15 is 0 Å². The summed E-state index contributed by atoms with van der Waals surface area (Å²) < 4.78 is 5.54. The number of carbonyl (C=O) groups is 1. The van der Waals surface area contributed by atoms with Gasteiger partial charge in [0, 0.05) is 22.7 Å². The third-order valence-electron chi connectivity index (χ3n) is 2.52. The van der Waals surface area contributed by atoms with Gasteiger partial charge in [0.05, 0.1) is 6.61 Å². The van der Waals surface area contributed by atoms with E-state index in [0.717, 1.165) is 11.4 Å². The van der Waals surface area contributed by atoms with Crippen LogP contribution in [-0.2, 0) is 10.2 Å². The Morgan fingerprint density at radius 2 is 2.29 bits per heavy atom. The molecule has 0 aliphatic carbocycles. The minimum Gasteiger partial charge on any atom is -0.492 e. The summed E-state index contributed by atoms with van der Waals surface area (Å²) >= 11 is 0. The number of rotatable bonds is 2. The zero-order valence-corrected chi connectivity index (χ0v) is 8.33. The first-order valence-electron chi connectivity index (χ1n) is 4.61. The molecule has 3 nitrogen and oxygen atoms in total. The first-order valence-corrected chi connectivity index (χ1v) is 4.61. The van der Waals surface area contributed by atoms with Crippen molar-refractivity contribution in [2.24, 2.45) is 0 Å². The molecule has 0 saturated carbocycles. The van der Waals surface area contributed by atoms with Gasteiger partial charge >= 0.3 is 0 Å².